The zero-order valence-electron chi connectivity index (χ0n) is 13.1. The van der Waals surface area contributed by atoms with Crippen LogP contribution >= 0.6 is 11.8 Å². The summed E-state index contributed by atoms with van der Waals surface area (Å²) in [7, 11) is 0. The molecule has 1 aromatic carbocycles. The number of halogens is 2. The number of imidazole rings is 1. The Balaban J connectivity index is 2.17. The lowest BCUT2D eigenvalue weighted by Crippen LogP contribution is -2.16. The Bertz CT molecular complexity index is 951. The first kappa shape index (κ1) is 16.4. The minimum Gasteiger partial charge on any atom is -0.382 e. The second-order valence-electron chi connectivity index (χ2n) is 5.35. The van der Waals surface area contributed by atoms with E-state index in [0.29, 0.717) is 11.3 Å². The Kier molecular flexibility index (Phi) is 4.23. The molecule has 0 bridgehead atoms. The second-order valence-corrected chi connectivity index (χ2v) is 6.18. The van der Waals surface area contributed by atoms with Crippen molar-refractivity contribution in [2.45, 2.75) is 18.4 Å². The fourth-order valence-electron chi connectivity index (χ4n) is 2.43. The van der Waals surface area contributed by atoms with Gasteiger partial charge in [-0.1, -0.05) is 0 Å². The van der Waals surface area contributed by atoms with Crippen LogP contribution in [0.15, 0.2) is 29.6 Å². The maximum absolute atomic E-state index is 14.2. The number of nitrogens with zero attached hydrogens (tertiary/aromatic N) is 3. The van der Waals surface area contributed by atoms with E-state index in [4.69, 9.17) is 11.1 Å². The number of hydrogen-bond donors (Lipinski definition) is 2. The molecule has 24 heavy (non-hydrogen) atoms. The Morgan fingerprint density at radius 2 is 2.08 bits per heavy atom. The maximum atomic E-state index is 14.2. The zero-order valence-corrected chi connectivity index (χ0v) is 13.9. The van der Waals surface area contributed by atoms with Crippen LogP contribution in [0.5, 0.6) is 0 Å². The molecule has 0 saturated carbocycles. The van der Waals surface area contributed by atoms with Gasteiger partial charge < -0.3 is 5.73 Å². The number of thioether (sulfide) groups is 1. The topological polar surface area (TPSA) is 80.1 Å². The standard InChI is InChI=1S/C16H15F2N5S/c1-8-3-11(18)9(4-10(8)17)5-12-16-21-6-14(24-2)23(16)7-13(22-12)15(19)20/h3-4,6-7H,5H2,1-2H3,(H3,19,20). The molecule has 3 rings (SSSR count). The van der Waals surface area contributed by atoms with Crippen molar-refractivity contribution < 1.29 is 8.78 Å². The van der Waals surface area contributed by atoms with E-state index >= 15 is 0 Å². The number of rotatable bonds is 4. The Morgan fingerprint density at radius 3 is 2.75 bits per heavy atom. The average Bonchev–Trinajstić information content (AvgIpc) is 2.95. The molecule has 5 nitrogen and oxygen atoms in total. The van der Waals surface area contributed by atoms with E-state index in [1.807, 2.05) is 6.26 Å². The van der Waals surface area contributed by atoms with Crippen molar-refractivity contribution in [3.8, 4) is 0 Å². The lowest BCUT2D eigenvalue weighted by Gasteiger charge is -2.09. The van der Waals surface area contributed by atoms with Crippen molar-refractivity contribution in [3.05, 3.63) is 58.7 Å². The van der Waals surface area contributed by atoms with Gasteiger partial charge in [0, 0.05) is 12.6 Å². The summed E-state index contributed by atoms with van der Waals surface area (Å²) in [5, 5.41) is 8.45. The number of aryl methyl sites for hydroxylation is 1. The van der Waals surface area contributed by atoms with E-state index < -0.39 is 11.6 Å². The Morgan fingerprint density at radius 1 is 1.33 bits per heavy atom. The number of nitrogens with two attached hydrogens (primary N) is 1. The summed E-state index contributed by atoms with van der Waals surface area (Å²) in [6.45, 7) is 1.51. The molecule has 0 aliphatic rings. The molecule has 0 atom stereocenters. The van der Waals surface area contributed by atoms with Crippen LogP contribution in [0.1, 0.15) is 22.5 Å². The summed E-state index contributed by atoms with van der Waals surface area (Å²) in [5.41, 5.74) is 7.21. The first-order valence-electron chi connectivity index (χ1n) is 7.10. The van der Waals surface area contributed by atoms with Crippen molar-refractivity contribution in [2.24, 2.45) is 5.73 Å². The molecule has 0 aliphatic heterocycles. The third-order valence-electron chi connectivity index (χ3n) is 3.70. The smallest absolute Gasteiger partial charge is 0.159 e. The Hall–Kier alpha value is -2.48. The van der Waals surface area contributed by atoms with Gasteiger partial charge in [0.2, 0.25) is 0 Å². The number of benzene rings is 1. The minimum atomic E-state index is -0.501. The van der Waals surface area contributed by atoms with E-state index in [0.717, 1.165) is 11.1 Å². The molecular formula is C16H15F2N5S. The Labute approximate surface area is 141 Å². The van der Waals surface area contributed by atoms with Crippen molar-refractivity contribution in [2.75, 3.05) is 6.26 Å². The lowest BCUT2D eigenvalue weighted by atomic mass is 10.1. The quantitative estimate of drug-likeness (QED) is 0.432. The minimum absolute atomic E-state index is 0.0541. The number of aromatic nitrogens is 3. The van der Waals surface area contributed by atoms with Crippen molar-refractivity contribution >= 4 is 23.2 Å². The van der Waals surface area contributed by atoms with Gasteiger partial charge >= 0.3 is 0 Å². The molecule has 0 spiro atoms. The molecule has 124 valence electrons. The predicted molar refractivity (Wildman–Crippen MR) is 89.7 cm³/mol. The fourth-order valence-corrected chi connectivity index (χ4v) is 2.93. The fraction of sp³-hybridized carbons (Fsp3) is 0.188. The lowest BCUT2D eigenvalue weighted by molar-refractivity contribution is 0.581. The molecule has 0 radical (unpaired) electrons. The van der Waals surface area contributed by atoms with Gasteiger partial charge in [0.25, 0.3) is 0 Å². The van der Waals surface area contributed by atoms with Crippen LogP contribution in [0.3, 0.4) is 0 Å². The molecule has 3 aromatic rings. The van der Waals surface area contributed by atoms with Crippen LogP contribution in [0, 0.1) is 24.0 Å². The van der Waals surface area contributed by atoms with Crippen LogP contribution < -0.4 is 5.73 Å². The van der Waals surface area contributed by atoms with Crippen LogP contribution in [-0.2, 0) is 6.42 Å². The van der Waals surface area contributed by atoms with E-state index in [9.17, 15) is 8.78 Å². The van der Waals surface area contributed by atoms with Gasteiger partial charge in [0.15, 0.2) is 5.65 Å². The third kappa shape index (κ3) is 2.84. The van der Waals surface area contributed by atoms with E-state index in [2.05, 4.69) is 9.97 Å². The molecule has 3 N–H and O–H groups in total. The van der Waals surface area contributed by atoms with E-state index in [1.165, 1.54) is 24.8 Å². The monoisotopic (exact) mass is 347 g/mol. The predicted octanol–water partition coefficient (Wildman–Crippen LogP) is 2.91. The van der Waals surface area contributed by atoms with Gasteiger partial charge in [0.1, 0.15) is 23.2 Å². The van der Waals surface area contributed by atoms with Crippen molar-refractivity contribution in [1.29, 1.82) is 5.41 Å². The molecule has 0 fully saturated rings. The first-order valence-corrected chi connectivity index (χ1v) is 8.33. The van der Waals surface area contributed by atoms with Crippen LogP contribution in [0.2, 0.25) is 0 Å². The van der Waals surface area contributed by atoms with Gasteiger partial charge in [-0.15, -0.1) is 11.8 Å². The molecule has 0 aliphatic carbocycles. The third-order valence-corrected chi connectivity index (χ3v) is 4.42. The summed E-state index contributed by atoms with van der Waals surface area (Å²) >= 11 is 1.48. The molecule has 8 heteroatoms. The van der Waals surface area contributed by atoms with E-state index in [-0.39, 0.29) is 29.1 Å². The molecule has 2 aromatic heterocycles. The van der Waals surface area contributed by atoms with Gasteiger partial charge in [-0.2, -0.15) is 0 Å². The molecular weight excluding hydrogens is 332 g/mol. The molecule has 2 heterocycles. The number of amidine groups is 1. The van der Waals surface area contributed by atoms with Gasteiger partial charge in [-0.05, 0) is 36.4 Å². The SMILES string of the molecule is CSc1cnc2c(Cc3cc(F)c(C)cc3F)nc(C(=N)N)cn12. The van der Waals surface area contributed by atoms with Crippen molar-refractivity contribution in [1.82, 2.24) is 14.4 Å². The largest absolute Gasteiger partial charge is 0.382 e. The number of nitrogen functional groups attached to an aromatic ring is 1. The normalized spacial score (nSPS) is 11.2. The van der Waals surface area contributed by atoms with Gasteiger partial charge in [-0.25, -0.2) is 18.7 Å². The van der Waals surface area contributed by atoms with Gasteiger partial charge in [-0.3, -0.25) is 9.81 Å². The highest BCUT2D eigenvalue weighted by Gasteiger charge is 2.16. The molecule has 0 saturated heterocycles. The highest BCUT2D eigenvalue weighted by Crippen LogP contribution is 2.23. The van der Waals surface area contributed by atoms with Crippen LogP contribution in [0.25, 0.3) is 5.65 Å². The van der Waals surface area contributed by atoms with Crippen LogP contribution in [0.4, 0.5) is 8.78 Å². The average molecular weight is 347 g/mol. The highest BCUT2D eigenvalue weighted by atomic mass is 32.2. The maximum Gasteiger partial charge on any atom is 0.159 e. The van der Waals surface area contributed by atoms with Crippen LogP contribution in [-0.4, -0.2) is 26.5 Å². The highest BCUT2D eigenvalue weighted by molar-refractivity contribution is 7.98. The zero-order chi connectivity index (χ0) is 17.4. The molecule has 0 amide bonds. The number of nitrogens with one attached hydrogen (secondary N) is 1. The summed E-state index contributed by atoms with van der Waals surface area (Å²) in [4.78, 5) is 8.61. The first-order chi connectivity index (χ1) is 11.4. The summed E-state index contributed by atoms with van der Waals surface area (Å²) in [5.74, 6) is -1.17. The number of hydrogen-bond acceptors (Lipinski definition) is 4. The summed E-state index contributed by atoms with van der Waals surface area (Å²) in [6, 6.07) is 2.33. The van der Waals surface area contributed by atoms with Crippen molar-refractivity contribution in [3.63, 3.8) is 0 Å². The molecule has 0 unspecified atom stereocenters. The summed E-state index contributed by atoms with van der Waals surface area (Å²) in [6.07, 6.45) is 5.23. The van der Waals surface area contributed by atoms with Gasteiger partial charge in [0.05, 0.1) is 16.9 Å². The number of fused-ring (bicyclic) bond motifs is 1. The van der Waals surface area contributed by atoms with E-state index in [1.54, 1.807) is 16.8 Å². The second kappa shape index (κ2) is 6.20. The summed E-state index contributed by atoms with van der Waals surface area (Å²) < 4.78 is 29.7.